The summed E-state index contributed by atoms with van der Waals surface area (Å²) in [6, 6.07) is 5.88. The highest BCUT2D eigenvalue weighted by atomic mass is 19.1. The highest BCUT2D eigenvalue weighted by Crippen LogP contribution is 2.37. The molecule has 0 radical (unpaired) electrons. The van der Waals surface area contributed by atoms with Gasteiger partial charge in [0.1, 0.15) is 11.5 Å². The number of alkyl halides is 1. The first-order valence-electron chi connectivity index (χ1n) is 5.76. The van der Waals surface area contributed by atoms with Gasteiger partial charge < -0.3 is 5.32 Å². The summed E-state index contributed by atoms with van der Waals surface area (Å²) in [5.41, 5.74) is -1.00. The van der Waals surface area contributed by atoms with E-state index in [9.17, 15) is 8.78 Å². The van der Waals surface area contributed by atoms with Gasteiger partial charge in [0.05, 0.1) is 0 Å². The summed E-state index contributed by atoms with van der Waals surface area (Å²) in [7, 11) is 0. The van der Waals surface area contributed by atoms with E-state index in [0.717, 1.165) is 19.4 Å². The molecule has 0 saturated carbocycles. The lowest BCUT2D eigenvalue weighted by Gasteiger charge is -2.34. The van der Waals surface area contributed by atoms with Crippen molar-refractivity contribution in [2.75, 3.05) is 13.1 Å². The summed E-state index contributed by atoms with van der Waals surface area (Å²) in [6.07, 6.45) is 1.84. The molecule has 2 atom stereocenters. The van der Waals surface area contributed by atoms with Crippen LogP contribution in [0.3, 0.4) is 0 Å². The van der Waals surface area contributed by atoms with Gasteiger partial charge in [0.2, 0.25) is 0 Å². The Hall–Kier alpha value is -0.960. The van der Waals surface area contributed by atoms with Gasteiger partial charge >= 0.3 is 0 Å². The Balaban J connectivity index is 2.22. The number of nitrogens with one attached hydrogen (secondary N) is 1. The minimum absolute atomic E-state index is 0.0666. The highest BCUT2D eigenvalue weighted by molar-refractivity contribution is 5.24. The number of hydrogen-bond acceptors (Lipinski definition) is 1. The molecule has 1 aliphatic rings. The van der Waals surface area contributed by atoms with Crippen molar-refractivity contribution < 1.29 is 8.78 Å². The molecule has 0 amide bonds. The van der Waals surface area contributed by atoms with E-state index in [-0.39, 0.29) is 11.7 Å². The first kappa shape index (κ1) is 11.5. The SMILES string of the molecule is CC(F)(c1cccc(F)c1)C1CCCNC1. The third-order valence-corrected chi connectivity index (χ3v) is 3.45. The first-order valence-corrected chi connectivity index (χ1v) is 5.76. The number of piperidine rings is 1. The Morgan fingerprint density at radius 1 is 1.44 bits per heavy atom. The van der Waals surface area contributed by atoms with Crippen molar-refractivity contribution in [1.29, 1.82) is 0 Å². The smallest absolute Gasteiger partial charge is 0.137 e. The summed E-state index contributed by atoms with van der Waals surface area (Å²) in [6.45, 7) is 3.18. The summed E-state index contributed by atoms with van der Waals surface area (Å²) in [4.78, 5) is 0. The fourth-order valence-corrected chi connectivity index (χ4v) is 2.34. The summed E-state index contributed by atoms with van der Waals surface area (Å²) in [5.74, 6) is -0.437. The van der Waals surface area contributed by atoms with E-state index in [0.29, 0.717) is 12.1 Å². The minimum Gasteiger partial charge on any atom is -0.316 e. The van der Waals surface area contributed by atoms with Crippen molar-refractivity contribution in [3.8, 4) is 0 Å². The van der Waals surface area contributed by atoms with Gasteiger partial charge in [-0.3, -0.25) is 0 Å². The van der Waals surface area contributed by atoms with E-state index < -0.39 is 5.67 Å². The number of hydrogen-bond donors (Lipinski definition) is 1. The van der Waals surface area contributed by atoms with Crippen molar-refractivity contribution in [3.63, 3.8) is 0 Å². The maximum absolute atomic E-state index is 14.7. The molecule has 2 unspecified atom stereocenters. The van der Waals surface area contributed by atoms with Crippen LogP contribution in [0.5, 0.6) is 0 Å². The summed E-state index contributed by atoms with van der Waals surface area (Å²) in [5, 5.41) is 3.19. The summed E-state index contributed by atoms with van der Waals surface area (Å²) < 4.78 is 27.8. The van der Waals surface area contributed by atoms with Crippen molar-refractivity contribution in [3.05, 3.63) is 35.6 Å². The van der Waals surface area contributed by atoms with Crippen molar-refractivity contribution in [1.82, 2.24) is 5.32 Å². The normalized spacial score (nSPS) is 25.1. The Morgan fingerprint density at radius 3 is 2.88 bits per heavy atom. The lowest BCUT2D eigenvalue weighted by molar-refractivity contribution is 0.0808. The Kier molecular flexibility index (Phi) is 3.24. The zero-order valence-electron chi connectivity index (χ0n) is 9.47. The first-order chi connectivity index (χ1) is 7.60. The van der Waals surface area contributed by atoms with Crippen LogP contribution in [-0.2, 0) is 5.67 Å². The molecule has 1 heterocycles. The molecule has 16 heavy (non-hydrogen) atoms. The van der Waals surface area contributed by atoms with Gasteiger partial charge in [-0.1, -0.05) is 12.1 Å². The molecule has 1 N–H and O–H groups in total. The molecule has 88 valence electrons. The molecule has 3 heteroatoms. The van der Waals surface area contributed by atoms with E-state index in [4.69, 9.17) is 0 Å². The lowest BCUT2D eigenvalue weighted by Crippen LogP contribution is -2.40. The van der Waals surface area contributed by atoms with Gasteiger partial charge in [-0.2, -0.15) is 0 Å². The van der Waals surface area contributed by atoms with Crippen LogP contribution < -0.4 is 5.32 Å². The van der Waals surface area contributed by atoms with Crippen LogP contribution in [0.4, 0.5) is 8.78 Å². The predicted octanol–water partition coefficient (Wildman–Crippen LogP) is 3.01. The molecule has 0 aliphatic carbocycles. The number of halogens is 2. The second kappa shape index (κ2) is 4.50. The summed E-state index contributed by atoms with van der Waals surface area (Å²) >= 11 is 0. The second-order valence-electron chi connectivity index (χ2n) is 4.63. The molecule has 1 nitrogen and oxygen atoms in total. The van der Waals surface area contributed by atoms with Gasteiger partial charge in [0.25, 0.3) is 0 Å². The van der Waals surface area contributed by atoms with Gasteiger partial charge in [0.15, 0.2) is 0 Å². The van der Waals surface area contributed by atoms with Crippen LogP contribution in [0.1, 0.15) is 25.3 Å². The molecule has 0 bridgehead atoms. The Labute approximate surface area is 94.9 Å². The van der Waals surface area contributed by atoms with E-state index in [1.165, 1.54) is 12.1 Å². The maximum atomic E-state index is 14.7. The molecule has 0 spiro atoms. The highest BCUT2D eigenvalue weighted by Gasteiger charge is 2.36. The van der Waals surface area contributed by atoms with Gasteiger partial charge in [-0.05, 0) is 44.0 Å². The molecular weight excluding hydrogens is 208 g/mol. The fraction of sp³-hybridized carbons (Fsp3) is 0.538. The molecular formula is C13H17F2N. The van der Waals surface area contributed by atoms with Crippen LogP contribution >= 0.6 is 0 Å². The van der Waals surface area contributed by atoms with E-state index in [1.807, 2.05) is 0 Å². The monoisotopic (exact) mass is 225 g/mol. The average Bonchev–Trinajstić information content (AvgIpc) is 2.30. The number of benzene rings is 1. The maximum Gasteiger partial charge on any atom is 0.137 e. The van der Waals surface area contributed by atoms with Crippen LogP contribution in [-0.4, -0.2) is 13.1 Å². The largest absolute Gasteiger partial charge is 0.316 e. The van der Waals surface area contributed by atoms with Crippen LogP contribution in [0.15, 0.2) is 24.3 Å². The average molecular weight is 225 g/mol. The van der Waals surface area contributed by atoms with Crippen LogP contribution in [0, 0.1) is 11.7 Å². The molecule has 1 fully saturated rings. The zero-order chi connectivity index (χ0) is 11.6. The van der Waals surface area contributed by atoms with Crippen molar-refractivity contribution in [2.24, 2.45) is 5.92 Å². The van der Waals surface area contributed by atoms with Crippen LogP contribution in [0.25, 0.3) is 0 Å². The van der Waals surface area contributed by atoms with E-state index in [2.05, 4.69) is 5.32 Å². The topological polar surface area (TPSA) is 12.0 Å². The Morgan fingerprint density at radius 2 is 2.25 bits per heavy atom. The lowest BCUT2D eigenvalue weighted by atomic mass is 9.80. The third-order valence-electron chi connectivity index (χ3n) is 3.45. The standard InChI is InChI=1S/C13H17F2N/c1-13(15,11-5-3-7-16-9-11)10-4-2-6-12(14)8-10/h2,4,6,8,11,16H,3,5,7,9H2,1H3. The van der Waals surface area contributed by atoms with Crippen molar-refractivity contribution >= 4 is 0 Å². The number of rotatable bonds is 2. The minimum atomic E-state index is -1.45. The second-order valence-corrected chi connectivity index (χ2v) is 4.63. The zero-order valence-corrected chi connectivity index (χ0v) is 9.47. The van der Waals surface area contributed by atoms with Gasteiger partial charge in [-0.15, -0.1) is 0 Å². The van der Waals surface area contributed by atoms with E-state index >= 15 is 0 Å². The Bertz CT molecular complexity index is 357. The third kappa shape index (κ3) is 2.24. The molecule has 1 saturated heterocycles. The molecule has 1 aliphatic heterocycles. The molecule has 0 aromatic heterocycles. The fourth-order valence-electron chi connectivity index (χ4n) is 2.34. The molecule has 1 aromatic carbocycles. The van der Waals surface area contributed by atoms with Gasteiger partial charge in [-0.25, -0.2) is 8.78 Å². The van der Waals surface area contributed by atoms with Crippen LogP contribution in [0.2, 0.25) is 0 Å². The quantitative estimate of drug-likeness (QED) is 0.815. The molecule has 2 rings (SSSR count). The predicted molar refractivity (Wildman–Crippen MR) is 60.5 cm³/mol. The van der Waals surface area contributed by atoms with Gasteiger partial charge in [0, 0.05) is 12.5 Å². The molecule has 1 aromatic rings. The van der Waals surface area contributed by atoms with Crippen molar-refractivity contribution in [2.45, 2.75) is 25.4 Å². The van der Waals surface area contributed by atoms with E-state index in [1.54, 1.807) is 19.1 Å².